The molecule has 2 aromatic carbocycles. The second-order valence-electron chi connectivity index (χ2n) is 6.58. The van der Waals surface area contributed by atoms with Gasteiger partial charge in [-0.3, -0.25) is 9.59 Å². The number of hydrogen-bond donors (Lipinski definition) is 0. The summed E-state index contributed by atoms with van der Waals surface area (Å²) in [6, 6.07) is 15.6. The molecule has 3 rings (SSSR count). The topological polar surface area (TPSA) is 37.4 Å². The van der Waals surface area contributed by atoms with E-state index in [4.69, 9.17) is 0 Å². The van der Waals surface area contributed by atoms with Gasteiger partial charge in [-0.25, -0.2) is 0 Å². The van der Waals surface area contributed by atoms with Crippen molar-refractivity contribution in [2.45, 2.75) is 24.7 Å². The number of benzene rings is 2. The molecule has 1 heterocycles. The van der Waals surface area contributed by atoms with E-state index in [9.17, 15) is 9.59 Å². The molecule has 3 nitrogen and oxygen atoms in total. The zero-order valence-corrected chi connectivity index (χ0v) is 17.2. The summed E-state index contributed by atoms with van der Waals surface area (Å²) in [5.74, 6) is 0.836. The van der Waals surface area contributed by atoms with Gasteiger partial charge in [-0.05, 0) is 43.5 Å². The van der Waals surface area contributed by atoms with Crippen LogP contribution in [0.15, 0.2) is 57.9 Å². The number of Topliss-reactive ketones (excluding diaryl/α,β-unsaturated/α-hetero) is 1. The molecule has 0 radical (unpaired) electrons. The van der Waals surface area contributed by atoms with E-state index in [0.29, 0.717) is 18.8 Å². The molecule has 0 saturated carbocycles. The zero-order chi connectivity index (χ0) is 18.5. The normalized spacial score (nSPS) is 15.1. The van der Waals surface area contributed by atoms with Crippen LogP contribution in [-0.2, 0) is 4.79 Å². The number of rotatable bonds is 5. The average Bonchev–Trinajstić information content (AvgIpc) is 2.67. The van der Waals surface area contributed by atoms with Gasteiger partial charge in [0, 0.05) is 33.9 Å². The molecule has 0 aromatic heterocycles. The summed E-state index contributed by atoms with van der Waals surface area (Å²) in [6.45, 7) is 3.39. The summed E-state index contributed by atoms with van der Waals surface area (Å²) in [7, 11) is 0. The zero-order valence-electron chi connectivity index (χ0n) is 14.8. The molecule has 1 fully saturated rings. The monoisotopic (exact) mass is 431 g/mol. The third-order valence-corrected chi connectivity index (χ3v) is 6.42. The van der Waals surface area contributed by atoms with Crippen LogP contribution in [0.2, 0.25) is 0 Å². The lowest BCUT2D eigenvalue weighted by atomic mass is 9.89. The van der Waals surface area contributed by atoms with Gasteiger partial charge in [0.15, 0.2) is 5.78 Å². The summed E-state index contributed by atoms with van der Waals surface area (Å²) in [5, 5.41) is 0. The van der Waals surface area contributed by atoms with Gasteiger partial charge in [0.2, 0.25) is 5.91 Å². The highest BCUT2D eigenvalue weighted by Gasteiger charge is 2.27. The fourth-order valence-corrected chi connectivity index (χ4v) is 4.62. The van der Waals surface area contributed by atoms with Crippen molar-refractivity contribution in [1.29, 1.82) is 0 Å². The minimum atomic E-state index is 0.0304. The van der Waals surface area contributed by atoms with Gasteiger partial charge in [0.25, 0.3) is 0 Å². The fourth-order valence-electron chi connectivity index (χ4n) is 3.23. The fraction of sp³-hybridized carbons (Fsp3) is 0.333. The lowest BCUT2D eigenvalue weighted by molar-refractivity contribution is -0.129. The molecule has 5 heteroatoms. The van der Waals surface area contributed by atoms with E-state index in [1.807, 2.05) is 47.4 Å². The number of ketones is 1. The highest BCUT2D eigenvalue weighted by molar-refractivity contribution is 9.10. The van der Waals surface area contributed by atoms with Crippen LogP contribution >= 0.6 is 27.7 Å². The molecule has 1 amide bonds. The van der Waals surface area contributed by atoms with Crippen molar-refractivity contribution >= 4 is 39.4 Å². The Morgan fingerprint density at radius 2 is 1.81 bits per heavy atom. The van der Waals surface area contributed by atoms with Crippen molar-refractivity contribution in [1.82, 2.24) is 4.90 Å². The van der Waals surface area contributed by atoms with Crippen LogP contribution in [0.4, 0.5) is 0 Å². The van der Waals surface area contributed by atoms with E-state index in [2.05, 4.69) is 28.9 Å². The SMILES string of the molecule is Cc1cc(Br)ccc1SCC(=O)N1CCC(C(=O)c2ccccc2)CC1. The first-order chi connectivity index (χ1) is 12.5. The minimum Gasteiger partial charge on any atom is -0.342 e. The Morgan fingerprint density at radius 3 is 2.46 bits per heavy atom. The smallest absolute Gasteiger partial charge is 0.232 e. The van der Waals surface area contributed by atoms with E-state index in [1.165, 1.54) is 5.56 Å². The Hall–Kier alpha value is -1.59. The number of aryl methyl sites for hydroxylation is 1. The molecule has 1 aliphatic rings. The van der Waals surface area contributed by atoms with Gasteiger partial charge >= 0.3 is 0 Å². The van der Waals surface area contributed by atoms with Crippen molar-refractivity contribution < 1.29 is 9.59 Å². The number of amides is 1. The predicted octanol–water partition coefficient (Wildman–Crippen LogP) is 4.97. The summed E-state index contributed by atoms with van der Waals surface area (Å²) >= 11 is 5.04. The van der Waals surface area contributed by atoms with E-state index in [-0.39, 0.29) is 17.6 Å². The summed E-state index contributed by atoms with van der Waals surface area (Å²) in [5.41, 5.74) is 1.95. The van der Waals surface area contributed by atoms with Crippen molar-refractivity contribution in [2.24, 2.45) is 5.92 Å². The Morgan fingerprint density at radius 1 is 1.12 bits per heavy atom. The first kappa shape index (κ1) is 19.2. The molecule has 0 unspecified atom stereocenters. The number of nitrogens with zero attached hydrogens (tertiary/aromatic N) is 1. The molecule has 1 aliphatic heterocycles. The Kier molecular flexibility index (Phi) is 6.54. The number of likely N-dealkylation sites (tertiary alicyclic amines) is 1. The van der Waals surface area contributed by atoms with Crippen LogP contribution in [0.1, 0.15) is 28.8 Å². The van der Waals surface area contributed by atoms with Gasteiger partial charge in [0.1, 0.15) is 0 Å². The summed E-state index contributed by atoms with van der Waals surface area (Å²) in [4.78, 5) is 28.1. The Bertz CT molecular complexity index is 786. The summed E-state index contributed by atoms with van der Waals surface area (Å²) in [6.07, 6.45) is 1.50. The van der Waals surface area contributed by atoms with Crippen LogP contribution < -0.4 is 0 Å². The van der Waals surface area contributed by atoms with Crippen LogP contribution in [0.3, 0.4) is 0 Å². The Balaban J connectivity index is 1.50. The first-order valence-corrected chi connectivity index (χ1v) is 10.6. The maximum absolute atomic E-state index is 12.5. The third kappa shape index (κ3) is 4.77. The quantitative estimate of drug-likeness (QED) is 0.495. The highest BCUT2D eigenvalue weighted by atomic mass is 79.9. The molecule has 0 spiro atoms. The average molecular weight is 432 g/mol. The third-order valence-electron chi connectivity index (χ3n) is 4.76. The van der Waals surface area contributed by atoms with E-state index < -0.39 is 0 Å². The number of hydrogen-bond acceptors (Lipinski definition) is 3. The molecule has 0 bridgehead atoms. The molecular weight excluding hydrogens is 410 g/mol. The molecule has 0 N–H and O–H groups in total. The predicted molar refractivity (Wildman–Crippen MR) is 110 cm³/mol. The van der Waals surface area contributed by atoms with Crippen LogP contribution in [0.25, 0.3) is 0 Å². The highest BCUT2D eigenvalue weighted by Crippen LogP contribution is 2.27. The number of piperidine rings is 1. The van der Waals surface area contributed by atoms with Gasteiger partial charge < -0.3 is 4.90 Å². The standard InChI is InChI=1S/C21H22BrNO2S/c1-15-13-18(22)7-8-19(15)26-14-20(24)23-11-9-17(10-12-23)21(25)16-5-3-2-4-6-16/h2-8,13,17H,9-12,14H2,1H3. The van der Waals surface area contributed by atoms with Gasteiger partial charge in [-0.1, -0.05) is 46.3 Å². The van der Waals surface area contributed by atoms with Crippen molar-refractivity contribution in [3.8, 4) is 0 Å². The molecule has 136 valence electrons. The second kappa shape index (κ2) is 8.87. The van der Waals surface area contributed by atoms with Gasteiger partial charge in [-0.2, -0.15) is 0 Å². The van der Waals surface area contributed by atoms with Crippen molar-refractivity contribution in [3.05, 3.63) is 64.1 Å². The maximum Gasteiger partial charge on any atom is 0.232 e. The molecule has 0 aliphatic carbocycles. The maximum atomic E-state index is 12.5. The number of halogens is 1. The second-order valence-corrected chi connectivity index (χ2v) is 8.52. The van der Waals surface area contributed by atoms with Crippen molar-refractivity contribution in [3.63, 3.8) is 0 Å². The molecule has 26 heavy (non-hydrogen) atoms. The van der Waals surface area contributed by atoms with E-state index in [1.54, 1.807) is 11.8 Å². The molecule has 0 atom stereocenters. The van der Waals surface area contributed by atoms with E-state index in [0.717, 1.165) is 27.8 Å². The summed E-state index contributed by atoms with van der Waals surface area (Å²) < 4.78 is 1.05. The van der Waals surface area contributed by atoms with E-state index >= 15 is 0 Å². The largest absolute Gasteiger partial charge is 0.342 e. The van der Waals surface area contributed by atoms with Crippen LogP contribution in [0.5, 0.6) is 0 Å². The molecule has 2 aromatic rings. The lowest BCUT2D eigenvalue weighted by Gasteiger charge is -2.31. The number of carbonyl (C=O) groups is 2. The van der Waals surface area contributed by atoms with Crippen LogP contribution in [0, 0.1) is 12.8 Å². The Labute approximate surface area is 167 Å². The number of carbonyl (C=O) groups excluding carboxylic acids is 2. The van der Waals surface area contributed by atoms with Crippen molar-refractivity contribution in [2.75, 3.05) is 18.8 Å². The van der Waals surface area contributed by atoms with Gasteiger partial charge in [-0.15, -0.1) is 11.8 Å². The molecule has 1 saturated heterocycles. The minimum absolute atomic E-state index is 0.0304. The van der Waals surface area contributed by atoms with Gasteiger partial charge in [0.05, 0.1) is 5.75 Å². The molecular formula is C21H22BrNO2S. The first-order valence-electron chi connectivity index (χ1n) is 8.80. The van der Waals surface area contributed by atoms with Crippen LogP contribution in [-0.4, -0.2) is 35.4 Å². The lowest BCUT2D eigenvalue weighted by Crippen LogP contribution is -2.41. The number of thioether (sulfide) groups is 1.